The second-order valence-electron chi connectivity index (χ2n) is 5.29. The summed E-state index contributed by atoms with van der Waals surface area (Å²) in [5.74, 6) is -2.19. The van der Waals surface area contributed by atoms with Crippen molar-refractivity contribution in [3.05, 3.63) is 83.9 Å². The Balaban J connectivity index is 2.38. The molecule has 0 aromatic heterocycles. The number of carbonyl (C=O) groups is 2. The lowest BCUT2D eigenvalue weighted by Gasteiger charge is -2.14. The lowest BCUT2D eigenvalue weighted by molar-refractivity contribution is 0.0682. The summed E-state index contributed by atoms with van der Waals surface area (Å²) in [5, 5.41) is 19.2. The number of benzene rings is 3. The molecule has 118 valence electrons. The van der Waals surface area contributed by atoms with Crippen molar-refractivity contribution in [3.8, 4) is 22.3 Å². The summed E-state index contributed by atoms with van der Waals surface area (Å²) in [5.41, 5.74) is 2.25. The third-order valence-corrected chi connectivity index (χ3v) is 3.77. The molecule has 0 saturated heterocycles. The SMILES string of the molecule is O=C(O)c1cc(-c2ccccc2)c(C(=O)O)c(-c2ccccc2)c1. The highest BCUT2D eigenvalue weighted by molar-refractivity contribution is 6.05. The topological polar surface area (TPSA) is 74.6 Å². The van der Waals surface area contributed by atoms with Crippen LogP contribution in [0.1, 0.15) is 20.7 Å². The van der Waals surface area contributed by atoms with Crippen LogP contribution in [0.5, 0.6) is 0 Å². The fraction of sp³-hybridized carbons (Fsp3) is 0. The molecule has 3 aromatic carbocycles. The maximum atomic E-state index is 11.9. The van der Waals surface area contributed by atoms with Gasteiger partial charge in [0.2, 0.25) is 0 Å². The Morgan fingerprint density at radius 2 is 1.04 bits per heavy atom. The standard InChI is InChI=1S/C20H14O4/c21-19(22)15-11-16(13-7-3-1-4-8-13)18(20(23)24)17(12-15)14-9-5-2-6-10-14/h1-12H,(H,21,22)(H,23,24). The lowest BCUT2D eigenvalue weighted by Crippen LogP contribution is -2.06. The summed E-state index contributed by atoms with van der Waals surface area (Å²) in [6.07, 6.45) is 0. The molecule has 3 aromatic rings. The van der Waals surface area contributed by atoms with Gasteiger partial charge in [0.15, 0.2) is 0 Å². The van der Waals surface area contributed by atoms with Gasteiger partial charge in [-0.05, 0) is 34.4 Å². The predicted octanol–water partition coefficient (Wildman–Crippen LogP) is 4.42. The second kappa shape index (κ2) is 6.38. The Kier molecular flexibility index (Phi) is 4.12. The summed E-state index contributed by atoms with van der Waals surface area (Å²) in [6.45, 7) is 0. The van der Waals surface area contributed by atoms with E-state index in [-0.39, 0.29) is 11.1 Å². The van der Waals surface area contributed by atoms with Crippen molar-refractivity contribution in [2.24, 2.45) is 0 Å². The average Bonchev–Trinajstić information content (AvgIpc) is 2.62. The van der Waals surface area contributed by atoms with Gasteiger partial charge >= 0.3 is 11.9 Å². The fourth-order valence-corrected chi connectivity index (χ4v) is 2.69. The molecule has 4 nitrogen and oxygen atoms in total. The number of rotatable bonds is 4. The van der Waals surface area contributed by atoms with E-state index in [9.17, 15) is 19.8 Å². The zero-order valence-corrected chi connectivity index (χ0v) is 12.6. The number of aromatic carboxylic acids is 2. The van der Waals surface area contributed by atoms with Crippen molar-refractivity contribution in [2.45, 2.75) is 0 Å². The molecule has 0 heterocycles. The Morgan fingerprint density at radius 1 is 0.625 bits per heavy atom. The van der Waals surface area contributed by atoms with E-state index in [2.05, 4.69) is 0 Å². The molecule has 0 atom stereocenters. The van der Waals surface area contributed by atoms with Crippen LogP contribution in [0.2, 0.25) is 0 Å². The molecule has 0 unspecified atom stereocenters. The van der Waals surface area contributed by atoms with E-state index < -0.39 is 11.9 Å². The smallest absolute Gasteiger partial charge is 0.336 e. The van der Waals surface area contributed by atoms with Crippen molar-refractivity contribution < 1.29 is 19.8 Å². The highest BCUT2D eigenvalue weighted by Crippen LogP contribution is 2.34. The van der Waals surface area contributed by atoms with Crippen molar-refractivity contribution in [3.63, 3.8) is 0 Å². The number of hydrogen-bond donors (Lipinski definition) is 2. The lowest BCUT2D eigenvalue weighted by atomic mass is 9.89. The first kappa shape index (κ1) is 15.5. The first-order valence-electron chi connectivity index (χ1n) is 7.33. The van der Waals surface area contributed by atoms with E-state index in [1.54, 1.807) is 48.5 Å². The Morgan fingerprint density at radius 3 is 1.38 bits per heavy atom. The van der Waals surface area contributed by atoms with Gasteiger partial charge in [0.25, 0.3) is 0 Å². The molecule has 0 aliphatic rings. The monoisotopic (exact) mass is 318 g/mol. The molecule has 4 heteroatoms. The maximum absolute atomic E-state index is 11.9. The molecule has 0 amide bonds. The van der Waals surface area contributed by atoms with Gasteiger partial charge < -0.3 is 10.2 Å². The Hall–Kier alpha value is -3.40. The molecular weight excluding hydrogens is 304 g/mol. The van der Waals surface area contributed by atoms with Gasteiger partial charge in [-0.3, -0.25) is 0 Å². The van der Waals surface area contributed by atoms with Gasteiger partial charge in [-0.25, -0.2) is 9.59 Å². The largest absolute Gasteiger partial charge is 0.478 e. The van der Waals surface area contributed by atoms with E-state index in [1.807, 2.05) is 12.1 Å². The number of carboxylic acids is 2. The quantitative estimate of drug-likeness (QED) is 0.747. The van der Waals surface area contributed by atoms with Crippen LogP contribution in [0.4, 0.5) is 0 Å². The van der Waals surface area contributed by atoms with Gasteiger partial charge in [-0.2, -0.15) is 0 Å². The van der Waals surface area contributed by atoms with Crippen LogP contribution in [-0.2, 0) is 0 Å². The molecule has 0 aliphatic heterocycles. The first-order valence-corrected chi connectivity index (χ1v) is 7.33. The zero-order chi connectivity index (χ0) is 17.1. The summed E-state index contributed by atoms with van der Waals surface area (Å²) in [4.78, 5) is 23.4. The highest BCUT2D eigenvalue weighted by Gasteiger charge is 2.21. The molecule has 24 heavy (non-hydrogen) atoms. The third-order valence-electron chi connectivity index (χ3n) is 3.77. The van der Waals surface area contributed by atoms with Crippen molar-refractivity contribution in [1.29, 1.82) is 0 Å². The minimum atomic E-state index is -1.10. The first-order chi connectivity index (χ1) is 11.6. The molecule has 2 N–H and O–H groups in total. The molecule has 0 saturated carbocycles. The van der Waals surface area contributed by atoms with E-state index in [4.69, 9.17) is 0 Å². The summed E-state index contributed by atoms with van der Waals surface area (Å²) >= 11 is 0. The molecule has 0 radical (unpaired) electrons. The van der Waals surface area contributed by atoms with Crippen LogP contribution in [0, 0.1) is 0 Å². The van der Waals surface area contributed by atoms with Crippen LogP contribution >= 0.6 is 0 Å². The average molecular weight is 318 g/mol. The van der Waals surface area contributed by atoms with Crippen LogP contribution in [0.15, 0.2) is 72.8 Å². The fourth-order valence-electron chi connectivity index (χ4n) is 2.69. The molecule has 0 bridgehead atoms. The minimum Gasteiger partial charge on any atom is -0.478 e. The molecular formula is C20H14O4. The maximum Gasteiger partial charge on any atom is 0.336 e. The van der Waals surface area contributed by atoms with Crippen LogP contribution in [-0.4, -0.2) is 22.2 Å². The van der Waals surface area contributed by atoms with Crippen molar-refractivity contribution >= 4 is 11.9 Å². The van der Waals surface area contributed by atoms with Gasteiger partial charge in [0.1, 0.15) is 0 Å². The Bertz CT molecular complexity index is 839. The minimum absolute atomic E-state index is 0.0534. The normalized spacial score (nSPS) is 10.3. The summed E-state index contributed by atoms with van der Waals surface area (Å²) in [7, 11) is 0. The molecule has 0 spiro atoms. The van der Waals surface area contributed by atoms with E-state index in [1.165, 1.54) is 12.1 Å². The summed E-state index contributed by atoms with van der Waals surface area (Å²) in [6, 6.07) is 20.7. The Labute approximate surface area is 138 Å². The van der Waals surface area contributed by atoms with Gasteiger partial charge in [0.05, 0.1) is 11.1 Å². The van der Waals surface area contributed by atoms with Crippen molar-refractivity contribution in [2.75, 3.05) is 0 Å². The van der Waals surface area contributed by atoms with Gasteiger partial charge in [-0.1, -0.05) is 60.7 Å². The van der Waals surface area contributed by atoms with Gasteiger partial charge in [-0.15, -0.1) is 0 Å². The van der Waals surface area contributed by atoms with E-state index >= 15 is 0 Å². The van der Waals surface area contributed by atoms with Crippen LogP contribution < -0.4 is 0 Å². The molecule has 0 fully saturated rings. The number of carboxylic acid groups (broad SMARTS) is 2. The van der Waals surface area contributed by atoms with Gasteiger partial charge in [0, 0.05) is 0 Å². The molecule has 0 aliphatic carbocycles. The predicted molar refractivity (Wildman–Crippen MR) is 91.2 cm³/mol. The second-order valence-corrected chi connectivity index (χ2v) is 5.29. The number of hydrogen-bond acceptors (Lipinski definition) is 2. The molecule has 3 rings (SSSR count). The highest BCUT2D eigenvalue weighted by atomic mass is 16.4. The zero-order valence-electron chi connectivity index (χ0n) is 12.6. The van der Waals surface area contributed by atoms with E-state index in [0.29, 0.717) is 22.3 Å². The van der Waals surface area contributed by atoms with Crippen LogP contribution in [0.3, 0.4) is 0 Å². The summed E-state index contributed by atoms with van der Waals surface area (Å²) < 4.78 is 0. The third kappa shape index (κ3) is 2.90. The van der Waals surface area contributed by atoms with E-state index in [0.717, 1.165) is 0 Å². The van der Waals surface area contributed by atoms with Crippen molar-refractivity contribution in [1.82, 2.24) is 0 Å². The van der Waals surface area contributed by atoms with Crippen LogP contribution in [0.25, 0.3) is 22.3 Å².